The number of carbonyl (C=O) groups is 1. The van der Waals surface area contributed by atoms with E-state index in [2.05, 4.69) is 11.0 Å². The molecule has 0 radical (unpaired) electrons. The Morgan fingerprint density at radius 1 is 1.12 bits per heavy atom. The average Bonchev–Trinajstić information content (AvgIpc) is 2.66. The van der Waals surface area contributed by atoms with E-state index in [1.807, 2.05) is 30.3 Å². The highest BCUT2D eigenvalue weighted by molar-refractivity contribution is 6.30. The first kappa shape index (κ1) is 17.4. The van der Waals surface area contributed by atoms with Crippen LogP contribution in [0.3, 0.4) is 0 Å². The molecule has 2 atom stereocenters. The molecule has 5 heteroatoms. The van der Waals surface area contributed by atoms with Crippen molar-refractivity contribution in [1.29, 1.82) is 0 Å². The van der Waals surface area contributed by atoms with E-state index in [-0.39, 0.29) is 17.7 Å². The minimum absolute atomic E-state index is 0.105. The molecule has 0 N–H and O–H groups in total. The number of hydrogen-bond acceptors (Lipinski definition) is 4. The van der Waals surface area contributed by atoms with Crippen LogP contribution < -0.4 is 9.47 Å². The van der Waals surface area contributed by atoms with Gasteiger partial charge in [0.1, 0.15) is 5.78 Å². The highest BCUT2D eigenvalue weighted by Crippen LogP contribution is 2.43. The van der Waals surface area contributed by atoms with E-state index in [9.17, 15) is 4.79 Å². The molecule has 0 saturated carbocycles. The second-order valence-electron chi connectivity index (χ2n) is 6.94. The largest absolute Gasteiger partial charge is 0.493 e. The predicted octanol–water partition coefficient (Wildman–Crippen LogP) is 4.01. The lowest BCUT2D eigenvalue weighted by Crippen LogP contribution is -2.45. The molecular weight excluding hydrogens is 350 g/mol. The molecule has 26 heavy (non-hydrogen) atoms. The fourth-order valence-corrected chi connectivity index (χ4v) is 4.42. The van der Waals surface area contributed by atoms with Gasteiger partial charge in [-0.15, -0.1) is 0 Å². The molecule has 0 aromatic heterocycles. The quantitative estimate of drug-likeness (QED) is 0.817. The van der Waals surface area contributed by atoms with Crippen molar-refractivity contribution in [2.24, 2.45) is 0 Å². The first-order valence-corrected chi connectivity index (χ1v) is 9.25. The van der Waals surface area contributed by atoms with Crippen molar-refractivity contribution < 1.29 is 14.3 Å². The standard InChI is InChI=1S/C21H22ClNO3/c1-25-20-9-14-6-7-23-12-17(13-4-3-5-15(22)8-13)19(24)11-18(23)16(14)10-21(20)26-2/h3-5,8-10,17-18H,6-7,11-12H2,1-2H3/t17-,18?/m0/s1. The lowest BCUT2D eigenvalue weighted by molar-refractivity contribution is -0.125. The van der Waals surface area contributed by atoms with Crippen LogP contribution >= 0.6 is 11.6 Å². The van der Waals surface area contributed by atoms with Crippen LogP contribution in [0, 0.1) is 0 Å². The van der Waals surface area contributed by atoms with Gasteiger partial charge < -0.3 is 9.47 Å². The molecule has 1 saturated heterocycles. The van der Waals surface area contributed by atoms with Gasteiger partial charge in [-0.3, -0.25) is 9.69 Å². The molecule has 1 unspecified atom stereocenters. The van der Waals surface area contributed by atoms with E-state index in [0.717, 1.165) is 36.6 Å². The maximum Gasteiger partial charge on any atom is 0.161 e. The number of nitrogens with zero attached hydrogens (tertiary/aromatic N) is 1. The molecule has 2 aromatic carbocycles. The van der Waals surface area contributed by atoms with Crippen LogP contribution in [0.25, 0.3) is 0 Å². The highest BCUT2D eigenvalue weighted by atomic mass is 35.5. The number of methoxy groups -OCH3 is 2. The normalized spacial score (nSPS) is 22.5. The fraction of sp³-hybridized carbons (Fsp3) is 0.381. The Morgan fingerprint density at radius 3 is 2.62 bits per heavy atom. The molecular formula is C21H22ClNO3. The van der Waals surface area contributed by atoms with Crippen molar-refractivity contribution >= 4 is 17.4 Å². The number of rotatable bonds is 3. The third-order valence-electron chi connectivity index (χ3n) is 5.56. The van der Waals surface area contributed by atoms with Crippen LogP contribution in [0.5, 0.6) is 11.5 Å². The minimum Gasteiger partial charge on any atom is -0.493 e. The summed E-state index contributed by atoms with van der Waals surface area (Å²) >= 11 is 6.13. The van der Waals surface area contributed by atoms with Crippen molar-refractivity contribution in [3.8, 4) is 11.5 Å². The summed E-state index contributed by atoms with van der Waals surface area (Å²) in [5.41, 5.74) is 3.45. The van der Waals surface area contributed by atoms with Gasteiger partial charge in [0.25, 0.3) is 0 Å². The van der Waals surface area contributed by atoms with Gasteiger partial charge in [-0.1, -0.05) is 23.7 Å². The van der Waals surface area contributed by atoms with Crippen LogP contribution in [-0.4, -0.2) is 38.0 Å². The summed E-state index contributed by atoms with van der Waals surface area (Å²) in [5.74, 6) is 1.64. The molecule has 2 aromatic rings. The monoisotopic (exact) mass is 371 g/mol. The highest BCUT2D eigenvalue weighted by Gasteiger charge is 2.39. The second kappa shape index (κ2) is 6.93. The molecule has 1 fully saturated rings. The lowest BCUT2D eigenvalue weighted by atomic mass is 9.80. The third kappa shape index (κ3) is 2.97. The Hall–Kier alpha value is -2.04. The Labute approximate surface area is 158 Å². The summed E-state index contributed by atoms with van der Waals surface area (Å²) in [4.78, 5) is 15.3. The van der Waals surface area contributed by atoms with E-state index in [1.54, 1.807) is 14.2 Å². The number of benzene rings is 2. The SMILES string of the molecule is COc1cc2c(cc1OC)C1CC(=O)[C@H](c3cccc(Cl)c3)CN1CC2. The summed E-state index contributed by atoms with van der Waals surface area (Å²) < 4.78 is 10.9. The molecule has 2 aliphatic heterocycles. The van der Waals surface area contributed by atoms with Crippen molar-refractivity contribution in [1.82, 2.24) is 4.90 Å². The smallest absolute Gasteiger partial charge is 0.161 e. The Morgan fingerprint density at radius 2 is 1.88 bits per heavy atom. The number of piperidine rings is 1. The van der Waals surface area contributed by atoms with Crippen LogP contribution in [-0.2, 0) is 11.2 Å². The first-order valence-electron chi connectivity index (χ1n) is 8.87. The number of hydrogen-bond donors (Lipinski definition) is 0. The Kier molecular flexibility index (Phi) is 4.63. The van der Waals surface area contributed by atoms with Gasteiger partial charge in [0.05, 0.1) is 20.1 Å². The maximum atomic E-state index is 12.9. The molecule has 2 heterocycles. The van der Waals surface area contributed by atoms with Crippen molar-refractivity contribution in [2.75, 3.05) is 27.3 Å². The molecule has 4 nitrogen and oxygen atoms in total. The number of ketones is 1. The Balaban J connectivity index is 1.65. The van der Waals surface area contributed by atoms with Gasteiger partial charge in [0.15, 0.2) is 11.5 Å². The second-order valence-corrected chi connectivity index (χ2v) is 7.38. The number of ether oxygens (including phenoxy) is 2. The summed E-state index contributed by atoms with van der Waals surface area (Å²) in [5, 5.41) is 0.679. The van der Waals surface area contributed by atoms with Crippen LogP contribution in [0.2, 0.25) is 5.02 Å². The molecule has 2 aliphatic rings. The summed E-state index contributed by atoms with van der Waals surface area (Å²) in [6, 6.07) is 11.9. The van der Waals surface area contributed by atoms with Gasteiger partial charge in [-0.05, 0) is 47.4 Å². The summed E-state index contributed by atoms with van der Waals surface area (Å²) in [7, 11) is 3.30. The zero-order chi connectivity index (χ0) is 18.3. The van der Waals surface area contributed by atoms with Gasteiger partial charge >= 0.3 is 0 Å². The predicted molar refractivity (Wildman–Crippen MR) is 101 cm³/mol. The number of halogens is 1. The molecule has 0 bridgehead atoms. The fourth-order valence-electron chi connectivity index (χ4n) is 4.22. The van der Waals surface area contributed by atoms with Gasteiger partial charge in [0, 0.05) is 30.6 Å². The molecule has 136 valence electrons. The number of carbonyl (C=O) groups excluding carboxylic acids is 1. The maximum absolute atomic E-state index is 12.9. The van der Waals surface area contributed by atoms with E-state index < -0.39 is 0 Å². The zero-order valence-corrected chi connectivity index (χ0v) is 15.8. The van der Waals surface area contributed by atoms with Crippen LogP contribution in [0.1, 0.15) is 35.1 Å². The van der Waals surface area contributed by atoms with Crippen LogP contribution in [0.4, 0.5) is 0 Å². The lowest BCUT2D eigenvalue weighted by Gasteiger charge is -2.43. The summed E-state index contributed by atoms with van der Waals surface area (Å²) in [6.45, 7) is 1.68. The van der Waals surface area contributed by atoms with Gasteiger partial charge in [-0.25, -0.2) is 0 Å². The number of Topliss-reactive ketones (excluding diaryl/α,β-unsaturated/α-hetero) is 1. The molecule has 0 spiro atoms. The molecule has 4 rings (SSSR count). The zero-order valence-electron chi connectivity index (χ0n) is 15.0. The van der Waals surface area contributed by atoms with E-state index in [0.29, 0.717) is 11.4 Å². The van der Waals surface area contributed by atoms with Gasteiger partial charge in [-0.2, -0.15) is 0 Å². The average molecular weight is 372 g/mol. The number of fused-ring (bicyclic) bond motifs is 3. The van der Waals surface area contributed by atoms with Gasteiger partial charge in [0.2, 0.25) is 0 Å². The topological polar surface area (TPSA) is 38.8 Å². The summed E-state index contributed by atoms with van der Waals surface area (Å²) in [6.07, 6.45) is 1.46. The third-order valence-corrected chi connectivity index (χ3v) is 5.80. The van der Waals surface area contributed by atoms with Crippen molar-refractivity contribution in [3.63, 3.8) is 0 Å². The van der Waals surface area contributed by atoms with Crippen LogP contribution in [0.15, 0.2) is 36.4 Å². The molecule has 0 aliphatic carbocycles. The first-order chi connectivity index (χ1) is 12.6. The van der Waals surface area contributed by atoms with Crippen molar-refractivity contribution in [3.05, 3.63) is 58.1 Å². The van der Waals surface area contributed by atoms with E-state index in [1.165, 1.54) is 11.1 Å². The van der Waals surface area contributed by atoms with E-state index >= 15 is 0 Å². The van der Waals surface area contributed by atoms with E-state index in [4.69, 9.17) is 21.1 Å². The minimum atomic E-state index is -0.105. The molecule has 0 amide bonds. The Bertz CT molecular complexity index is 851. The van der Waals surface area contributed by atoms with Crippen molar-refractivity contribution in [2.45, 2.75) is 24.8 Å².